The number of hydrogen-bond acceptors (Lipinski definition) is 6. The number of carbonyl (C=O) groups excluding carboxylic acids is 3. The Bertz CT molecular complexity index is 1270. The Balaban J connectivity index is 1.39. The molecule has 0 unspecified atom stereocenters. The quantitative estimate of drug-likeness (QED) is 0.213. The molecule has 0 aromatic heterocycles. The van der Waals surface area contributed by atoms with E-state index in [0.29, 0.717) is 11.3 Å². The molecule has 1 aliphatic rings. The van der Waals surface area contributed by atoms with Crippen LogP contribution in [0.5, 0.6) is 0 Å². The van der Waals surface area contributed by atoms with Gasteiger partial charge in [0.25, 0.3) is 5.69 Å². The minimum absolute atomic E-state index is 0.00831. The van der Waals surface area contributed by atoms with Gasteiger partial charge in [-0.15, -0.1) is 0 Å². The van der Waals surface area contributed by atoms with E-state index in [1.165, 1.54) is 24.0 Å². The molecule has 8 heteroatoms. The Kier molecular flexibility index (Phi) is 6.73. The first-order valence-corrected chi connectivity index (χ1v) is 11.2. The largest absolute Gasteiger partial charge is 0.454 e. The second kappa shape index (κ2) is 9.89. The van der Waals surface area contributed by atoms with Gasteiger partial charge in [-0.2, -0.15) is 0 Å². The van der Waals surface area contributed by atoms with Gasteiger partial charge in [0.2, 0.25) is 11.7 Å². The smallest absolute Gasteiger partial charge is 0.312 e. The number of hydrogen-bond donors (Lipinski definition) is 0. The predicted molar refractivity (Wildman–Crippen MR) is 130 cm³/mol. The molecule has 1 aliphatic heterocycles. The van der Waals surface area contributed by atoms with Gasteiger partial charge in [0.1, 0.15) is 0 Å². The molecule has 0 saturated carbocycles. The third-order valence-corrected chi connectivity index (χ3v) is 6.05. The van der Waals surface area contributed by atoms with Gasteiger partial charge < -0.3 is 9.64 Å². The number of amides is 1. The van der Waals surface area contributed by atoms with Gasteiger partial charge in [-0.3, -0.25) is 24.5 Å². The van der Waals surface area contributed by atoms with E-state index in [1.807, 2.05) is 31.2 Å². The van der Waals surface area contributed by atoms with Gasteiger partial charge in [0.15, 0.2) is 6.10 Å². The monoisotopic (exact) mass is 472 g/mol. The van der Waals surface area contributed by atoms with E-state index in [0.717, 1.165) is 16.7 Å². The minimum atomic E-state index is -0.949. The molecule has 0 bridgehead atoms. The molecule has 4 rings (SSSR count). The number of ketones is 1. The molecule has 35 heavy (non-hydrogen) atoms. The molecule has 0 spiro atoms. The molecule has 8 nitrogen and oxygen atoms in total. The lowest BCUT2D eigenvalue weighted by Crippen LogP contribution is -2.30. The molecule has 3 aromatic carbocycles. The van der Waals surface area contributed by atoms with Crippen molar-refractivity contribution in [3.63, 3.8) is 0 Å². The van der Waals surface area contributed by atoms with Crippen LogP contribution in [0.3, 0.4) is 0 Å². The Labute approximate surface area is 202 Å². The fourth-order valence-corrected chi connectivity index (χ4v) is 4.00. The fraction of sp³-hybridized carbons (Fsp3) is 0.222. The Morgan fingerprint density at radius 2 is 1.54 bits per heavy atom. The van der Waals surface area contributed by atoms with Gasteiger partial charge in [-0.25, -0.2) is 0 Å². The maximum absolute atomic E-state index is 12.7. The van der Waals surface area contributed by atoms with Gasteiger partial charge in [-0.1, -0.05) is 42.0 Å². The van der Waals surface area contributed by atoms with Gasteiger partial charge >= 0.3 is 5.97 Å². The Morgan fingerprint density at radius 1 is 0.971 bits per heavy atom. The number of rotatable bonds is 7. The number of ether oxygens (including phenoxy) is 1. The molecular weight excluding hydrogens is 448 g/mol. The van der Waals surface area contributed by atoms with Crippen molar-refractivity contribution < 1.29 is 24.0 Å². The summed E-state index contributed by atoms with van der Waals surface area (Å²) in [7, 11) is 0. The van der Waals surface area contributed by atoms with E-state index >= 15 is 0 Å². The number of Topliss-reactive ketones (excluding diaryl/α,β-unsaturated/α-hetero) is 1. The van der Waals surface area contributed by atoms with E-state index < -0.39 is 22.9 Å². The highest BCUT2D eigenvalue weighted by atomic mass is 16.6. The van der Waals surface area contributed by atoms with Crippen LogP contribution in [0.4, 0.5) is 11.4 Å². The average molecular weight is 472 g/mol. The molecule has 0 N–H and O–H groups in total. The molecular formula is C27H24N2O6. The SMILES string of the molecule is Cc1ccc(C(=O)[C@H](C)OC(=O)[C@@H]2CC(=O)N(c3ccc(-c4ccc([N+](=O)[O-])cc4)cc3)C2)cc1. The number of nitro benzene ring substituents is 1. The standard InChI is InChI=1S/C27H24N2O6/c1-17-3-5-21(6-4-17)26(31)18(2)35-27(32)22-15-25(30)28(16-22)23-11-7-19(8-12-23)20-9-13-24(14-10-20)29(33)34/h3-14,18,22H,15-16H2,1-2H3/t18-,22+/m0/s1. The third kappa shape index (κ3) is 5.27. The predicted octanol–water partition coefficient (Wildman–Crippen LogP) is 4.74. The summed E-state index contributed by atoms with van der Waals surface area (Å²) >= 11 is 0. The number of carbonyl (C=O) groups is 3. The van der Waals surface area contributed by atoms with E-state index in [2.05, 4.69) is 0 Å². The first kappa shape index (κ1) is 23.8. The summed E-state index contributed by atoms with van der Waals surface area (Å²) in [5.74, 6) is -1.73. The second-order valence-electron chi connectivity index (χ2n) is 8.57. The molecule has 0 aliphatic carbocycles. The summed E-state index contributed by atoms with van der Waals surface area (Å²) in [6, 6.07) is 20.4. The maximum atomic E-state index is 12.7. The Hall–Kier alpha value is -4.33. The summed E-state index contributed by atoms with van der Waals surface area (Å²) in [5.41, 5.74) is 3.79. The molecule has 2 atom stereocenters. The highest BCUT2D eigenvalue weighted by Crippen LogP contribution is 2.29. The molecule has 1 fully saturated rings. The van der Waals surface area contributed by atoms with Crippen molar-refractivity contribution in [2.24, 2.45) is 5.92 Å². The van der Waals surface area contributed by atoms with Gasteiger partial charge in [0.05, 0.1) is 10.8 Å². The minimum Gasteiger partial charge on any atom is -0.454 e. The van der Waals surface area contributed by atoms with Crippen molar-refractivity contribution in [1.29, 1.82) is 0 Å². The average Bonchev–Trinajstić information content (AvgIpc) is 3.26. The normalized spacial score (nSPS) is 16.1. The van der Waals surface area contributed by atoms with Crippen LogP contribution in [0, 0.1) is 23.0 Å². The number of aryl methyl sites for hydroxylation is 1. The number of anilines is 1. The van der Waals surface area contributed by atoms with Crippen LogP contribution in [0.2, 0.25) is 0 Å². The van der Waals surface area contributed by atoms with Crippen LogP contribution in [0.25, 0.3) is 11.1 Å². The molecule has 3 aromatic rings. The van der Waals surface area contributed by atoms with E-state index in [4.69, 9.17) is 4.74 Å². The van der Waals surface area contributed by atoms with Crippen LogP contribution in [-0.2, 0) is 14.3 Å². The Morgan fingerprint density at radius 3 is 2.11 bits per heavy atom. The second-order valence-corrected chi connectivity index (χ2v) is 8.57. The summed E-state index contributed by atoms with van der Waals surface area (Å²) in [4.78, 5) is 49.8. The highest BCUT2D eigenvalue weighted by Gasteiger charge is 2.37. The van der Waals surface area contributed by atoms with Crippen molar-refractivity contribution in [2.75, 3.05) is 11.4 Å². The fourth-order valence-electron chi connectivity index (χ4n) is 4.00. The number of nitrogens with zero attached hydrogens (tertiary/aromatic N) is 2. The highest BCUT2D eigenvalue weighted by molar-refractivity contribution is 6.02. The zero-order chi connectivity index (χ0) is 25.1. The molecule has 1 saturated heterocycles. The zero-order valence-electron chi connectivity index (χ0n) is 19.3. The van der Waals surface area contributed by atoms with Crippen molar-refractivity contribution in [1.82, 2.24) is 0 Å². The number of esters is 1. The van der Waals surface area contributed by atoms with E-state index in [9.17, 15) is 24.5 Å². The lowest BCUT2D eigenvalue weighted by molar-refractivity contribution is -0.384. The maximum Gasteiger partial charge on any atom is 0.312 e. The topological polar surface area (TPSA) is 107 Å². The summed E-state index contributed by atoms with van der Waals surface area (Å²) in [6.45, 7) is 3.62. The lowest BCUT2D eigenvalue weighted by Gasteiger charge is -2.18. The number of non-ortho nitro benzene ring substituents is 1. The first-order valence-electron chi connectivity index (χ1n) is 11.2. The zero-order valence-corrected chi connectivity index (χ0v) is 19.3. The lowest BCUT2D eigenvalue weighted by atomic mass is 10.0. The van der Waals surface area contributed by atoms with Crippen LogP contribution < -0.4 is 4.90 Å². The van der Waals surface area contributed by atoms with Crippen molar-refractivity contribution in [2.45, 2.75) is 26.4 Å². The van der Waals surface area contributed by atoms with E-state index in [-0.39, 0.29) is 30.3 Å². The van der Waals surface area contributed by atoms with Crippen molar-refractivity contribution in [3.05, 3.63) is 94.0 Å². The van der Waals surface area contributed by atoms with Crippen molar-refractivity contribution in [3.8, 4) is 11.1 Å². The molecule has 1 amide bonds. The van der Waals surface area contributed by atoms with Gasteiger partial charge in [0, 0.05) is 36.3 Å². The molecule has 178 valence electrons. The summed E-state index contributed by atoms with van der Waals surface area (Å²) in [5, 5.41) is 10.8. The third-order valence-electron chi connectivity index (χ3n) is 6.05. The first-order chi connectivity index (χ1) is 16.7. The van der Waals surface area contributed by atoms with Crippen LogP contribution in [0.1, 0.15) is 29.3 Å². The number of benzene rings is 3. The van der Waals surface area contributed by atoms with Crippen LogP contribution in [-0.4, -0.2) is 35.2 Å². The number of nitro groups is 1. The van der Waals surface area contributed by atoms with Crippen molar-refractivity contribution >= 4 is 29.0 Å². The van der Waals surface area contributed by atoms with Gasteiger partial charge in [-0.05, 0) is 49.2 Å². The molecule has 1 heterocycles. The van der Waals surface area contributed by atoms with Crippen LogP contribution in [0.15, 0.2) is 72.8 Å². The molecule has 0 radical (unpaired) electrons. The van der Waals surface area contributed by atoms with E-state index in [1.54, 1.807) is 36.4 Å². The van der Waals surface area contributed by atoms with Crippen LogP contribution >= 0.6 is 0 Å². The summed E-state index contributed by atoms with van der Waals surface area (Å²) in [6.07, 6.45) is -0.940. The summed E-state index contributed by atoms with van der Waals surface area (Å²) < 4.78 is 5.40.